The Kier molecular flexibility index (Phi) is 5.81. The number of hydrogen-bond donors (Lipinski definition) is 1. The molecule has 1 aromatic carbocycles. The van der Waals surface area contributed by atoms with Crippen LogP contribution in [-0.4, -0.2) is 29.8 Å². The van der Waals surface area contributed by atoms with Gasteiger partial charge in [-0.2, -0.15) is 0 Å². The first kappa shape index (κ1) is 15.6. The van der Waals surface area contributed by atoms with E-state index in [2.05, 4.69) is 52.3 Å². The van der Waals surface area contributed by atoms with Gasteiger partial charge in [-0.3, -0.25) is 0 Å². The van der Waals surface area contributed by atoms with E-state index in [1.54, 1.807) is 7.11 Å². The van der Waals surface area contributed by atoms with Crippen LogP contribution < -0.4 is 5.32 Å². The summed E-state index contributed by atoms with van der Waals surface area (Å²) in [4.78, 5) is 4.55. The van der Waals surface area contributed by atoms with Gasteiger partial charge >= 0.3 is 0 Å². The molecule has 0 spiro atoms. The number of benzene rings is 1. The Morgan fingerprint density at radius 1 is 1.29 bits per heavy atom. The lowest BCUT2D eigenvalue weighted by Crippen LogP contribution is -2.11. The number of nitrogens with one attached hydrogen (secondary N) is 1. The number of methoxy groups -OCH3 is 1. The Balaban J connectivity index is 1.87. The van der Waals surface area contributed by atoms with Crippen molar-refractivity contribution >= 4 is 5.95 Å². The fourth-order valence-corrected chi connectivity index (χ4v) is 2.42. The maximum Gasteiger partial charge on any atom is 0.203 e. The highest BCUT2D eigenvalue weighted by Crippen LogP contribution is 2.10. The van der Waals surface area contributed by atoms with E-state index in [0.717, 1.165) is 44.2 Å². The predicted molar refractivity (Wildman–Crippen MR) is 86.8 cm³/mol. The van der Waals surface area contributed by atoms with Crippen LogP contribution in [0.1, 0.15) is 23.2 Å². The van der Waals surface area contributed by atoms with Crippen molar-refractivity contribution in [1.29, 1.82) is 0 Å². The molecule has 2 rings (SSSR count). The summed E-state index contributed by atoms with van der Waals surface area (Å²) in [6.07, 6.45) is 4.09. The minimum absolute atomic E-state index is 0.778. The quantitative estimate of drug-likeness (QED) is 0.758. The molecule has 0 saturated carbocycles. The molecule has 0 saturated heterocycles. The summed E-state index contributed by atoms with van der Waals surface area (Å²) in [6.45, 7) is 6.76. The maximum atomic E-state index is 5.11. The second kappa shape index (κ2) is 7.84. The van der Waals surface area contributed by atoms with Gasteiger partial charge in [-0.05, 0) is 32.3 Å². The standard InChI is InChI=1S/C17H25N3O/c1-14-6-4-7-16(12-14)8-9-18-17-19-15(2)13-20(17)10-5-11-21-3/h4,6-7,12-13H,5,8-11H2,1-3H3,(H,18,19). The van der Waals surface area contributed by atoms with E-state index in [-0.39, 0.29) is 0 Å². The second-order valence-corrected chi connectivity index (χ2v) is 5.41. The van der Waals surface area contributed by atoms with E-state index in [4.69, 9.17) is 4.74 Å². The summed E-state index contributed by atoms with van der Waals surface area (Å²) in [5, 5.41) is 3.44. The summed E-state index contributed by atoms with van der Waals surface area (Å²) < 4.78 is 7.28. The lowest BCUT2D eigenvalue weighted by atomic mass is 10.1. The van der Waals surface area contributed by atoms with E-state index >= 15 is 0 Å². The molecule has 0 aliphatic rings. The number of rotatable bonds is 8. The molecule has 0 bridgehead atoms. The monoisotopic (exact) mass is 287 g/mol. The molecule has 21 heavy (non-hydrogen) atoms. The van der Waals surface area contributed by atoms with E-state index in [1.165, 1.54) is 11.1 Å². The van der Waals surface area contributed by atoms with E-state index in [0.29, 0.717) is 0 Å². The van der Waals surface area contributed by atoms with Crippen LogP contribution in [0.25, 0.3) is 0 Å². The number of anilines is 1. The van der Waals surface area contributed by atoms with E-state index in [9.17, 15) is 0 Å². The number of ether oxygens (including phenoxy) is 1. The first-order valence-electron chi connectivity index (χ1n) is 7.51. The molecule has 0 fully saturated rings. The molecule has 0 atom stereocenters. The number of imidazole rings is 1. The topological polar surface area (TPSA) is 39.1 Å². The molecule has 4 nitrogen and oxygen atoms in total. The van der Waals surface area contributed by atoms with E-state index in [1.807, 2.05) is 6.92 Å². The van der Waals surface area contributed by atoms with Gasteiger partial charge in [-0.15, -0.1) is 0 Å². The summed E-state index contributed by atoms with van der Waals surface area (Å²) in [5.74, 6) is 0.955. The third kappa shape index (κ3) is 4.90. The minimum atomic E-state index is 0.778. The van der Waals surface area contributed by atoms with Crippen molar-refractivity contribution in [2.24, 2.45) is 0 Å². The van der Waals surface area contributed by atoms with Gasteiger partial charge in [-0.1, -0.05) is 29.8 Å². The molecule has 114 valence electrons. The summed E-state index contributed by atoms with van der Waals surface area (Å²) >= 11 is 0. The minimum Gasteiger partial charge on any atom is -0.385 e. The first-order valence-corrected chi connectivity index (χ1v) is 7.51. The Morgan fingerprint density at radius 3 is 2.90 bits per heavy atom. The van der Waals surface area contributed by atoms with Crippen LogP contribution in [0, 0.1) is 13.8 Å². The molecule has 0 aliphatic heterocycles. The number of aromatic nitrogens is 2. The summed E-state index contributed by atoms with van der Waals surface area (Å²) in [7, 11) is 1.74. The normalized spacial score (nSPS) is 10.8. The van der Waals surface area contributed by atoms with Crippen LogP contribution >= 0.6 is 0 Å². The van der Waals surface area contributed by atoms with Gasteiger partial charge in [0.25, 0.3) is 0 Å². The van der Waals surface area contributed by atoms with Crippen LogP contribution in [0.15, 0.2) is 30.5 Å². The highest BCUT2D eigenvalue weighted by atomic mass is 16.5. The Hall–Kier alpha value is -1.81. The number of nitrogens with zero attached hydrogens (tertiary/aromatic N) is 2. The SMILES string of the molecule is COCCCn1cc(C)nc1NCCc1cccc(C)c1. The molecule has 0 radical (unpaired) electrons. The molecular weight excluding hydrogens is 262 g/mol. The number of hydrogen-bond acceptors (Lipinski definition) is 3. The smallest absolute Gasteiger partial charge is 0.203 e. The zero-order valence-electron chi connectivity index (χ0n) is 13.2. The lowest BCUT2D eigenvalue weighted by molar-refractivity contribution is 0.190. The fraction of sp³-hybridized carbons (Fsp3) is 0.471. The predicted octanol–water partition coefficient (Wildman–Crippen LogP) is 3.19. The zero-order valence-corrected chi connectivity index (χ0v) is 13.2. The second-order valence-electron chi connectivity index (χ2n) is 5.41. The van der Waals surface area contributed by atoms with Crippen LogP contribution in [0.2, 0.25) is 0 Å². The third-order valence-electron chi connectivity index (χ3n) is 3.42. The van der Waals surface area contributed by atoms with Gasteiger partial charge in [0, 0.05) is 33.0 Å². The molecule has 0 amide bonds. The average Bonchev–Trinajstić information content (AvgIpc) is 2.80. The van der Waals surface area contributed by atoms with Crippen molar-refractivity contribution in [3.8, 4) is 0 Å². The van der Waals surface area contributed by atoms with Crippen molar-refractivity contribution in [2.45, 2.75) is 33.2 Å². The fourth-order valence-electron chi connectivity index (χ4n) is 2.42. The van der Waals surface area contributed by atoms with Crippen LogP contribution in [0.4, 0.5) is 5.95 Å². The molecule has 1 aromatic heterocycles. The van der Waals surface area contributed by atoms with Gasteiger partial charge in [0.2, 0.25) is 5.95 Å². The van der Waals surface area contributed by atoms with Crippen LogP contribution in [0.5, 0.6) is 0 Å². The van der Waals surface area contributed by atoms with Crippen LogP contribution in [0.3, 0.4) is 0 Å². The van der Waals surface area contributed by atoms with Crippen LogP contribution in [-0.2, 0) is 17.7 Å². The van der Waals surface area contributed by atoms with Crippen molar-refractivity contribution < 1.29 is 4.74 Å². The largest absolute Gasteiger partial charge is 0.385 e. The number of aryl methyl sites for hydroxylation is 3. The molecule has 1 heterocycles. The molecular formula is C17H25N3O. The van der Waals surface area contributed by atoms with Crippen molar-refractivity contribution in [3.63, 3.8) is 0 Å². The van der Waals surface area contributed by atoms with Crippen molar-refractivity contribution in [2.75, 3.05) is 25.6 Å². The van der Waals surface area contributed by atoms with Crippen molar-refractivity contribution in [3.05, 3.63) is 47.3 Å². The molecule has 1 N–H and O–H groups in total. The first-order chi connectivity index (χ1) is 10.2. The summed E-state index contributed by atoms with van der Waals surface area (Å²) in [5.41, 5.74) is 3.71. The molecule has 4 heteroatoms. The maximum absolute atomic E-state index is 5.11. The Bertz CT molecular complexity index is 563. The van der Waals surface area contributed by atoms with Crippen molar-refractivity contribution in [1.82, 2.24) is 9.55 Å². The molecule has 0 unspecified atom stereocenters. The van der Waals surface area contributed by atoms with Gasteiger partial charge in [0.05, 0.1) is 5.69 Å². The Morgan fingerprint density at radius 2 is 2.14 bits per heavy atom. The highest BCUT2D eigenvalue weighted by Gasteiger charge is 2.05. The lowest BCUT2D eigenvalue weighted by Gasteiger charge is -2.10. The average molecular weight is 287 g/mol. The zero-order chi connectivity index (χ0) is 15.1. The molecule has 0 aliphatic carbocycles. The van der Waals surface area contributed by atoms with Gasteiger partial charge < -0.3 is 14.6 Å². The third-order valence-corrected chi connectivity index (χ3v) is 3.42. The van der Waals surface area contributed by atoms with Gasteiger partial charge in [0.1, 0.15) is 0 Å². The Labute approximate surface area is 127 Å². The summed E-state index contributed by atoms with van der Waals surface area (Å²) in [6, 6.07) is 8.65. The van der Waals surface area contributed by atoms with Gasteiger partial charge in [0.15, 0.2) is 0 Å². The van der Waals surface area contributed by atoms with E-state index < -0.39 is 0 Å². The molecule has 2 aromatic rings. The van der Waals surface area contributed by atoms with Gasteiger partial charge in [-0.25, -0.2) is 4.98 Å². The highest BCUT2D eigenvalue weighted by molar-refractivity contribution is 5.30.